The zero-order valence-electron chi connectivity index (χ0n) is 16.5. The Kier molecular flexibility index (Phi) is 5.64. The maximum Gasteiger partial charge on any atom is 0.253 e. The molecule has 148 valence electrons. The second kappa shape index (κ2) is 8.33. The fraction of sp³-hybridized carbons (Fsp3) is 0.435. The molecular formula is C23H28N2O3. The topological polar surface area (TPSA) is 42.0 Å². The standard InChI is InChI=1S/C23H28N2O3/c1-27-21-11-6-5-8-19(21)16-24-14-7-12-23(13-15-24)18-25(22(26)17-28-23)20-9-3-2-4-10-20/h2-6,8-11H,7,12-18H2,1H3. The fourth-order valence-electron chi connectivity index (χ4n) is 4.32. The van der Waals surface area contributed by atoms with E-state index in [-0.39, 0.29) is 18.1 Å². The van der Waals surface area contributed by atoms with Gasteiger partial charge in [-0.25, -0.2) is 0 Å². The average Bonchev–Trinajstić information content (AvgIpc) is 2.93. The maximum atomic E-state index is 12.5. The van der Waals surface area contributed by atoms with Crippen LogP contribution in [0.3, 0.4) is 0 Å². The van der Waals surface area contributed by atoms with Crippen LogP contribution >= 0.6 is 0 Å². The summed E-state index contributed by atoms with van der Waals surface area (Å²) in [6.45, 7) is 3.67. The molecule has 2 aliphatic rings. The number of rotatable bonds is 4. The Morgan fingerprint density at radius 3 is 2.64 bits per heavy atom. The van der Waals surface area contributed by atoms with Gasteiger partial charge in [0.1, 0.15) is 12.4 Å². The molecule has 2 saturated heterocycles. The van der Waals surface area contributed by atoms with E-state index in [4.69, 9.17) is 9.47 Å². The molecule has 0 N–H and O–H groups in total. The number of hydrogen-bond donors (Lipinski definition) is 0. The zero-order valence-corrected chi connectivity index (χ0v) is 16.5. The fourth-order valence-corrected chi connectivity index (χ4v) is 4.32. The van der Waals surface area contributed by atoms with Gasteiger partial charge in [-0.05, 0) is 44.0 Å². The molecular weight excluding hydrogens is 352 g/mol. The summed E-state index contributed by atoms with van der Waals surface area (Å²) in [6.07, 6.45) is 2.97. The van der Waals surface area contributed by atoms with Crippen LogP contribution in [-0.2, 0) is 16.1 Å². The number of para-hydroxylation sites is 2. The van der Waals surface area contributed by atoms with Crippen molar-refractivity contribution in [2.45, 2.75) is 31.4 Å². The lowest BCUT2D eigenvalue weighted by atomic mass is 9.92. The van der Waals surface area contributed by atoms with Crippen molar-refractivity contribution >= 4 is 11.6 Å². The lowest BCUT2D eigenvalue weighted by Gasteiger charge is -2.42. The highest BCUT2D eigenvalue weighted by atomic mass is 16.5. The van der Waals surface area contributed by atoms with Crippen LogP contribution in [0, 0.1) is 0 Å². The monoisotopic (exact) mass is 380 g/mol. The summed E-state index contributed by atoms with van der Waals surface area (Å²) < 4.78 is 11.7. The third kappa shape index (κ3) is 4.05. The van der Waals surface area contributed by atoms with Gasteiger partial charge in [0.25, 0.3) is 5.91 Å². The van der Waals surface area contributed by atoms with Crippen LogP contribution < -0.4 is 9.64 Å². The number of carbonyl (C=O) groups excluding carboxylic acids is 1. The maximum absolute atomic E-state index is 12.5. The summed E-state index contributed by atoms with van der Waals surface area (Å²) in [5.41, 5.74) is 1.93. The predicted molar refractivity (Wildman–Crippen MR) is 110 cm³/mol. The molecule has 28 heavy (non-hydrogen) atoms. The number of methoxy groups -OCH3 is 1. The van der Waals surface area contributed by atoms with Gasteiger partial charge in [-0.2, -0.15) is 0 Å². The Balaban J connectivity index is 1.45. The predicted octanol–water partition coefficient (Wildman–Crippen LogP) is 3.48. The van der Waals surface area contributed by atoms with Crippen molar-refractivity contribution in [3.63, 3.8) is 0 Å². The summed E-state index contributed by atoms with van der Waals surface area (Å²) >= 11 is 0. The molecule has 2 fully saturated rings. The first kappa shape index (κ1) is 19.0. The Morgan fingerprint density at radius 2 is 1.82 bits per heavy atom. The smallest absolute Gasteiger partial charge is 0.253 e. The summed E-state index contributed by atoms with van der Waals surface area (Å²) in [5, 5.41) is 0. The van der Waals surface area contributed by atoms with Gasteiger partial charge >= 0.3 is 0 Å². The van der Waals surface area contributed by atoms with Crippen LogP contribution in [0.4, 0.5) is 5.69 Å². The first-order valence-corrected chi connectivity index (χ1v) is 10.0. The Bertz CT molecular complexity index is 811. The molecule has 0 radical (unpaired) electrons. The highest BCUT2D eigenvalue weighted by Gasteiger charge is 2.41. The highest BCUT2D eigenvalue weighted by Crippen LogP contribution is 2.33. The Morgan fingerprint density at radius 1 is 1.04 bits per heavy atom. The third-order valence-electron chi connectivity index (χ3n) is 5.89. The molecule has 0 bridgehead atoms. The van der Waals surface area contributed by atoms with Crippen molar-refractivity contribution in [1.82, 2.24) is 4.90 Å². The summed E-state index contributed by atoms with van der Waals surface area (Å²) in [7, 11) is 1.72. The summed E-state index contributed by atoms with van der Waals surface area (Å²) in [6, 6.07) is 18.2. The quantitative estimate of drug-likeness (QED) is 0.814. The summed E-state index contributed by atoms with van der Waals surface area (Å²) in [4.78, 5) is 16.8. The minimum atomic E-state index is -0.251. The Hall–Kier alpha value is -2.37. The molecule has 1 unspecified atom stereocenters. The molecule has 5 heteroatoms. The number of anilines is 1. The lowest BCUT2D eigenvalue weighted by Crippen LogP contribution is -2.55. The van der Waals surface area contributed by atoms with Crippen LogP contribution in [0.25, 0.3) is 0 Å². The normalized spacial score (nSPS) is 23.6. The number of likely N-dealkylation sites (tertiary alicyclic amines) is 1. The molecule has 1 atom stereocenters. The second-order valence-corrected chi connectivity index (χ2v) is 7.73. The van der Waals surface area contributed by atoms with E-state index in [9.17, 15) is 4.79 Å². The molecule has 2 aliphatic heterocycles. The molecule has 4 rings (SSSR count). The number of morpholine rings is 1. The molecule has 0 aromatic heterocycles. The largest absolute Gasteiger partial charge is 0.496 e. The van der Waals surface area contributed by atoms with Crippen LogP contribution in [0.2, 0.25) is 0 Å². The van der Waals surface area contributed by atoms with Crippen LogP contribution in [0.15, 0.2) is 54.6 Å². The molecule has 0 aliphatic carbocycles. The van der Waals surface area contributed by atoms with Gasteiger partial charge in [0.2, 0.25) is 0 Å². The van der Waals surface area contributed by atoms with Crippen LogP contribution in [0.1, 0.15) is 24.8 Å². The molecule has 2 heterocycles. The van der Waals surface area contributed by atoms with Crippen molar-refractivity contribution in [3.05, 3.63) is 60.2 Å². The first-order valence-electron chi connectivity index (χ1n) is 10.0. The lowest BCUT2D eigenvalue weighted by molar-refractivity contribution is -0.140. The van der Waals surface area contributed by atoms with Gasteiger partial charge < -0.3 is 14.4 Å². The number of hydrogen-bond acceptors (Lipinski definition) is 4. The second-order valence-electron chi connectivity index (χ2n) is 7.73. The zero-order chi connectivity index (χ0) is 19.4. The van der Waals surface area contributed by atoms with Gasteiger partial charge in [0.05, 0.1) is 19.3 Å². The van der Waals surface area contributed by atoms with Crippen LogP contribution in [0.5, 0.6) is 5.75 Å². The SMILES string of the molecule is COc1ccccc1CN1CCCC2(CC1)CN(c1ccccc1)C(=O)CO2. The first-order chi connectivity index (χ1) is 13.7. The molecule has 2 aromatic rings. The van der Waals surface area contributed by atoms with E-state index in [0.717, 1.165) is 50.3 Å². The highest BCUT2D eigenvalue weighted by molar-refractivity contribution is 5.95. The van der Waals surface area contributed by atoms with E-state index in [2.05, 4.69) is 17.0 Å². The van der Waals surface area contributed by atoms with Crippen molar-refractivity contribution in [2.75, 3.05) is 38.3 Å². The minimum absolute atomic E-state index is 0.0481. The van der Waals surface area contributed by atoms with E-state index in [0.29, 0.717) is 6.54 Å². The van der Waals surface area contributed by atoms with Gasteiger partial charge in [0.15, 0.2) is 0 Å². The van der Waals surface area contributed by atoms with Crippen molar-refractivity contribution < 1.29 is 14.3 Å². The average molecular weight is 380 g/mol. The van der Waals surface area contributed by atoms with Crippen molar-refractivity contribution in [2.24, 2.45) is 0 Å². The van der Waals surface area contributed by atoms with Gasteiger partial charge in [0, 0.05) is 24.3 Å². The van der Waals surface area contributed by atoms with E-state index >= 15 is 0 Å². The van der Waals surface area contributed by atoms with Gasteiger partial charge in [-0.3, -0.25) is 9.69 Å². The summed E-state index contributed by atoms with van der Waals surface area (Å²) in [5.74, 6) is 0.989. The third-order valence-corrected chi connectivity index (χ3v) is 5.89. The molecule has 1 spiro atoms. The van der Waals surface area contributed by atoms with Crippen molar-refractivity contribution in [3.8, 4) is 5.75 Å². The number of ether oxygens (including phenoxy) is 2. The minimum Gasteiger partial charge on any atom is -0.496 e. The van der Waals surface area contributed by atoms with Gasteiger partial charge in [-0.15, -0.1) is 0 Å². The number of benzene rings is 2. The molecule has 0 saturated carbocycles. The van der Waals surface area contributed by atoms with E-state index in [1.54, 1.807) is 7.11 Å². The van der Waals surface area contributed by atoms with Crippen LogP contribution in [-0.4, -0.2) is 49.8 Å². The molecule has 2 aromatic carbocycles. The molecule has 1 amide bonds. The van der Waals surface area contributed by atoms with Gasteiger partial charge in [-0.1, -0.05) is 36.4 Å². The van der Waals surface area contributed by atoms with E-state index < -0.39 is 0 Å². The van der Waals surface area contributed by atoms with E-state index in [1.165, 1.54) is 5.56 Å². The molecule has 5 nitrogen and oxygen atoms in total. The van der Waals surface area contributed by atoms with E-state index in [1.807, 2.05) is 47.4 Å². The number of nitrogens with zero attached hydrogens (tertiary/aromatic N) is 2. The van der Waals surface area contributed by atoms with Crippen molar-refractivity contribution in [1.29, 1.82) is 0 Å². The number of carbonyl (C=O) groups is 1. The Labute approximate surface area is 166 Å². The number of amides is 1.